The fourth-order valence-corrected chi connectivity index (χ4v) is 4.09. The zero-order chi connectivity index (χ0) is 27.4. The van der Waals surface area contributed by atoms with E-state index in [0.717, 1.165) is 5.56 Å². The van der Waals surface area contributed by atoms with Gasteiger partial charge in [0.1, 0.15) is 23.3 Å². The number of benzene rings is 1. The molecule has 3 amide bonds. The Hall–Kier alpha value is -2.81. The number of amides is 3. The molecule has 1 aliphatic rings. The molecule has 36 heavy (non-hydrogen) atoms. The minimum Gasteiger partial charge on any atom is -0.458 e. The lowest BCUT2D eigenvalue weighted by Crippen LogP contribution is -2.52. The summed E-state index contributed by atoms with van der Waals surface area (Å²) >= 11 is 5.99. The maximum Gasteiger partial charge on any atom is 0.408 e. The van der Waals surface area contributed by atoms with E-state index in [-0.39, 0.29) is 31.2 Å². The van der Waals surface area contributed by atoms with E-state index >= 15 is 0 Å². The molecule has 0 aromatic heterocycles. The van der Waals surface area contributed by atoms with E-state index in [4.69, 9.17) is 21.1 Å². The summed E-state index contributed by atoms with van der Waals surface area (Å²) in [6.45, 7) is 12.1. The molecular weight excluding hydrogens is 486 g/mol. The summed E-state index contributed by atoms with van der Waals surface area (Å²) in [7, 11) is 1.61. The smallest absolute Gasteiger partial charge is 0.408 e. The minimum absolute atomic E-state index is 0.182. The lowest BCUT2D eigenvalue weighted by Gasteiger charge is -2.30. The molecule has 1 aromatic carbocycles. The summed E-state index contributed by atoms with van der Waals surface area (Å²) in [6, 6.07) is 4.82. The lowest BCUT2D eigenvalue weighted by atomic mass is 10.0. The number of carbonyl (C=O) groups is 4. The summed E-state index contributed by atoms with van der Waals surface area (Å²) in [6.07, 6.45) is -0.277. The van der Waals surface area contributed by atoms with E-state index in [0.29, 0.717) is 5.02 Å². The summed E-state index contributed by atoms with van der Waals surface area (Å²) in [5, 5.41) is 3.24. The Labute approximate surface area is 218 Å². The largest absolute Gasteiger partial charge is 0.458 e. The number of halogens is 1. The maximum atomic E-state index is 13.6. The lowest BCUT2D eigenvalue weighted by molar-refractivity contribution is -0.162. The third-order valence-corrected chi connectivity index (χ3v) is 5.85. The summed E-state index contributed by atoms with van der Waals surface area (Å²) in [5.74, 6) is -1.15. The molecule has 0 aliphatic carbocycles. The van der Waals surface area contributed by atoms with E-state index in [9.17, 15) is 19.2 Å². The molecule has 1 aromatic rings. The highest BCUT2D eigenvalue weighted by atomic mass is 35.5. The summed E-state index contributed by atoms with van der Waals surface area (Å²) in [5.41, 5.74) is -0.649. The number of rotatable bonds is 6. The third kappa shape index (κ3) is 8.69. The molecule has 0 radical (unpaired) electrons. The van der Waals surface area contributed by atoms with Crippen LogP contribution in [-0.4, -0.2) is 76.6 Å². The number of nitrogens with zero attached hydrogens (tertiary/aromatic N) is 2. The quantitative estimate of drug-likeness (QED) is 0.571. The fraction of sp³-hybridized carbons (Fsp3) is 0.615. The van der Waals surface area contributed by atoms with Crippen LogP contribution in [0.15, 0.2) is 24.3 Å². The molecule has 0 saturated carbocycles. The topological polar surface area (TPSA) is 105 Å². The molecule has 0 unspecified atom stereocenters. The van der Waals surface area contributed by atoms with Gasteiger partial charge in [-0.05, 0) is 59.2 Å². The van der Waals surface area contributed by atoms with Crippen LogP contribution in [0, 0.1) is 0 Å². The van der Waals surface area contributed by atoms with Crippen molar-refractivity contribution < 1.29 is 28.7 Å². The zero-order valence-corrected chi connectivity index (χ0v) is 23.1. The van der Waals surface area contributed by atoms with Gasteiger partial charge in [0.2, 0.25) is 11.8 Å². The van der Waals surface area contributed by atoms with Crippen LogP contribution < -0.4 is 5.32 Å². The second-order valence-electron chi connectivity index (χ2n) is 11.1. The Morgan fingerprint density at radius 2 is 1.61 bits per heavy atom. The van der Waals surface area contributed by atoms with Crippen molar-refractivity contribution >= 4 is 35.5 Å². The zero-order valence-electron chi connectivity index (χ0n) is 22.4. The van der Waals surface area contributed by atoms with Crippen molar-refractivity contribution in [1.29, 1.82) is 0 Å². The van der Waals surface area contributed by atoms with E-state index in [1.807, 2.05) is 0 Å². The van der Waals surface area contributed by atoms with Crippen LogP contribution in [0.3, 0.4) is 0 Å². The van der Waals surface area contributed by atoms with Gasteiger partial charge in [0, 0.05) is 38.4 Å². The highest BCUT2D eigenvalue weighted by Crippen LogP contribution is 2.25. The molecule has 10 heteroatoms. The Balaban J connectivity index is 2.24. The Bertz CT molecular complexity index is 967. The fourth-order valence-electron chi connectivity index (χ4n) is 3.97. The van der Waals surface area contributed by atoms with Crippen LogP contribution >= 0.6 is 11.6 Å². The Morgan fingerprint density at radius 3 is 2.11 bits per heavy atom. The van der Waals surface area contributed by atoms with Gasteiger partial charge >= 0.3 is 12.1 Å². The molecular formula is C26H38ClN3O6. The Morgan fingerprint density at radius 1 is 1.06 bits per heavy atom. The van der Waals surface area contributed by atoms with Crippen LogP contribution in [0.2, 0.25) is 5.02 Å². The number of hydrogen-bond donors (Lipinski definition) is 1. The molecule has 1 N–H and O–H groups in total. The van der Waals surface area contributed by atoms with Crippen LogP contribution in [-0.2, 0) is 30.3 Å². The number of carbonyl (C=O) groups excluding carboxylic acids is 4. The molecule has 200 valence electrons. The summed E-state index contributed by atoms with van der Waals surface area (Å²) in [4.78, 5) is 54.1. The Kier molecular flexibility index (Phi) is 9.40. The van der Waals surface area contributed by atoms with Gasteiger partial charge in [0.05, 0.1) is 6.04 Å². The van der Waals surface area contributed by atoms with E-state index in [2.05, 4.69) is 5.32 Å². The van der Waals surface area contributed by atoms with Crippen molar-refractivity contribution in [3.05, 3.63) is 34.9 Å². The first kappa shape index (κ1) is 29.4. The van der Waals surface area contributed by atoms with E-state index in [1.165, 1.54) is 16.7 Å². The van der Waals surface area contributed by atoms with Gasteiger partial charge in [-0.1, -0.05) is 23.7 Å². The number of likely N-dealkylation sites (N-methyl/N-ethyl adjacent to an activating group) is 1. The van der Waals surface area contributed by atoms with Crippen molar-refractivity contribution in [1.82, 2.24) is 15.1 Å². The van der Waals surface area contributed by atoms with E-state index in [1.54, 1.807) is 72.9 Å². The first-order chi connectivity index (χ1) is 16.5. The number of likely N-dealkylation sites (tertiary alicyclic amines) is 1. The molecule has 9 nitrogen and oxygen atoms in total. The van der Waals surface area contributed by atoms with Crippen LogP contribution in [0.25, 0.3) is 0 Å². The molecule has 1 heterocycles. The number of ether oxygens (including phenoxy) is 2. The molecule has 2 rings (SSSR count). The number of esters is 1. The predicted molar refractivity (Wildman–Crippen MR) is 137 cm³/mol. The average molecular weight is 524 g/mol. The van der Waals surface area contributed by atoms with Gasteiger partial charge in [-0.3, -0.25) is 9.59 Å². The SMILES string of the molecule is CC(=O)N1C[C@@H](N(C)C(=O)[C@@H](Cc2ccc(Cl)cc2)NC(=O)OC(C)(C)C)C[C@H]1C(=O)OC(C)(C)C. The van der Waals surface area contributed by atoms with Gasteiger partial charge in [-0.15, -0.1) is 0 Å². The first-order valence-electron chi connectivity index (χ1n) is 12.0. The number of alkyl carbamates (subject to hydrolysis) is 1. The minimum atomic E-state index is -0.933. The standard InChI is InChI=1S/C26H38ClN3O6/c1-16(31)30-15-19(14-21(30)23(33)35-25(2,3)4)29(8)22(32)20(28-24(34)36-26(5,6)7)13-17-9-11-18(27)12-10-17/h9-12,19-21H,13-15H2,1-8H3,(H,28,34)/t19-,20+,21-/m0/s1. The molecule has 0 spiro atoms. The van der Waals surface area contributed by atoms with Gasteiger partial charge in [-0.25, -0.2) is 9.59 Å². The van der Waals surface area contributed by atoms with Gasteiger partial charge in [0.25, 0.3) is 0 Å². The number of hydrogen-bond acceptors (Lipinski definition) is 6. The molecule has 0 bridgehead atoms. The normalized spacial score (nSPS) is 18.9. The van der Waals surface area contributed by atoms with E-state index < -0.39 is 41.4 Å². The predicted octanol–water partition coefficient (Wildman–Crippen LogP) is 3.57. The number of nitrogens with one attached hydrogen (secondary N) is 1. The van der Waals surface area contributed by atoms with Crippen molar-refractivity contribution in [2.45, 2.75) is 90.6 Å². The molecule has 1 aliphatic heterocycles. The van der Waals surface area contributed by atoms with Gasteiger partial charge < -0.3 is 24.6 Å². The van der Waals surface area contributed by atoms with Gasteiger partial charge in [0.15, 0.2) is 0 Å². The molecule has 1 saturated heterocycles. The maximum absolute atomic E-state index is 13.6. The highest BCUT2D eigenvalue weighted by molar-refractivity contribution is 6.30. The van der Waals surface area contributed by atoms with Crippen molar-refractivity contribution in [3.63, 3.8) is 0 Å². The van der Waals surface area contributed by atoms with Crippen LogP contribution in [0.4, 0.5) is 4.79 Å². The average Bonchev–Trinajstić information content (AvgIpc) is 3.17. The summed E-state index contributed by atoms with van der Waals surface area (Å²) < 4.78 is 10.9. The van der Waals surface area contributed by atoms with Crippen molar-refractivity contribution in [3.8, 4) is 0 Å². The second kappa shape index (κ2) is 11.5. The van der Waals surface area contributed by atoms with Crippen molar-refractivity contribution in [2.75, 3.05) is 13.6 Å². The van der Waals surface area contributed by atoms with Crippen molar-refractivity contribution in [2.24, 2.45) is 0 Å². The van der Waals surface area contributed by atoms with Crippen LogP contribution in [0.1, 0.15) is 60.5 Å². The van der Waals surface area contributed by atoms with Crippen LogP contribution in [0.5, 0.6) is 0 Å². The second-order valence-corrected chi connectivity index (χ2v) is 11.5. The monoisotopic (exact) mass is 523 g/mol. The van der Waals surface area contributed by atoms with Gasteiger partial charge in [-0.2, -0.15) is 0 Å². The highest BCUT2D eigenvalue weighted by Gasteiger charge is 2.43. The first-order valence-corrected chi connectivity index (χ1v) is 12.4. The third-order valence-electron chi connectivity index (χ3n) is 5.60. The molecule has 3 atom stereocenters. The molecule has 1 fully saturated rings.